The van der Waals surface area contributed by atoms with Gasteiger partial charge in [0.1, 0.15) is 0 Å². The first kappa shape index (κ1) is 14.7. The first-order valence-electron chi connectivity index (χ1n) is 6.62. The van der Waals surface area contributed by atoms with Crippen molar-refractivity contribution < 1.29 is 14.7 Å². The fraction of sp³-hybridized carbons (Fsp3) is 0.333. The number of nitrogens with one attached hydrogen (secondary N) is 1. The molecule has 0 atom stereocenters. The van der Waals surface area contributed by atoms with Crippen LogP contribution in [-0.2, 0) is 9.59 Å². The fourth-order valence-corrected chi connectivity index (χ4v) is 3.39. The molecule has 1 aromatic rings. The Morgan fingerprint density at radius 2 is 1.80 bits per heavy atom. The van der Waals surface area contributed by atoms with Crippen molar-refractivity contribution in [3.63, 3.8) is 0 Å². The first-order chi connectivity index (χ1) is 9.63. The molecule has 0 aromatic heterocycles. The van der Waals surface area contributed by atoms with Crippen molar-refractivity contribution in [1.29, 1.82) is 0 Å². The summed E-state index contributed by atoms with van der Waals surface area (Å²) in [5.74, 6) is -1.58. The van der Waals surface area contributed by atoms with Crippen LogP contribution in [0.4, 0.5) is 5.69 Å². The van der Waals surface area contributed by atoms with E-state index in [1.807, 2.05) is 36.0 Å². The van der Waals surface area contributed by atoms with Gasteiger partial charge in [-0.05, 0) is 37.1 Å². The summed E-state index contributed by atoms with van der Waals surface area (Å²) in [7, 11) is 0. The summed E-state index contributed by atoms with van der Waals surface area (Å²) >= 11 is 1.89. The van der Waals surface area contributed by atoms with Crippen molar-refractivity contribution in [2.75, 3.05) is 5.32 Å². The summed E-state index contributed by atoms with van der Waals surface area (Å²) in [6.07, 6.45) is 7.03. The topological polar surface area (TPSA) is 66.4 Å². The van der Waals surface area contributed by atoms with E-state index in [-0.39, 0.29) is 0 Å². The van der Waals surface area contributed by atoms with Crippen LogP contribution < -0.4 is 5.32 Å². The molecular weight excluding hydrogens is 274 g/mol. The molecule has 1 aromatic carbocycles. The SMILES string of the molecule is O=C(O)/C=C/C(=O)Nc1ccc(SC2CCCC2)cc1. The molecule has 20 heavy (non-hydrogen) atoms. The monoisotopic (exact) mass is 291 g/mol. The molecule has 0 bridgehead atoms. The minimum atomic E-state index is -1.14. The zero-order chi connectivity index (χ0) is 14.4. The van der Waals surface area contributed by atoms with Crippen LogP contribution in [0, 0.1) is 0 Å². The van der Waals surface area contributed by atoms with E-state index < -0.39 is 11.9 Å². The maximum absolute atomic E-state index is 11.4. The van der Waals surface area contributed by atoms with Gasteiger partial charge in [0.25, 0.3) is 0 Å². The van der Waals surface area contributed by atoms with E-state index in [1.165, 1.54) is 30.6 Å². The number of thioether (sulfide) groups is 1. The van der Waals surface area contributed by atoms with Crippen LogP contribution in [0.25, 0.3) is 0 Å². The van der Waals surface area contributed by atoms with Crippen LogP contribution in [0.3, 0.4) is 0 Å². The predicted molar refractivity (Wildman–Crippen MR) is 80.0 cm³/mol. The van der Waals surface area contributed by atoms with Crippen molar-refractivity contribution in [2.24, 2.45) is 0 Å². The van der Waals surface area contributed by atoms with E-state index in [1.54, 1.807) is 0 Å². The van der Waals surface area contributed by atoms with Gasteiger partial charge in [0.15, 0.2) is 0 Å². The van der Waals surface area contributed by atoms with Gasteiger partial charge in [-0.2, -0.15) is 0 Å². The summed E-state index contributed by atoms with van der Waals surface area (Å²) in [5.41, 5.74) is 0.667. The quantitative estimate of drug-likeness (QED) is 0.817. The molecule has 0 radical (unpaired) electrons. The highest BCUT2D eigenvalue weighted by Gasteiger charge is 2.15. The Morgan fingerprint density at radius 3 is 2.40 bits per heavy atom. The third-order valence-corrected chi connectivity index (χ3v) is 4.45. The minimum absolute atomic E-state index is 0.441. The van der Waals surface area contributed by atoms with E-state index in [0.717, 1.165) is 12.2 Å². The lowest BCUT2D eigenvalue weighted by molar-refractivity contribution is -0.131. The molecule has 4 nitrogen and oxygen atoms in total. The van der Waals surface area contributed by atoms with Crippen LogP contribution in [0.5, 0.6) is 0 Å². The summed E-state index contributed by atoms with van der Waals surface area (Å²) in [6, 6.07) is 7.65. The molecule has 1 saturated carbocycles. The van der Waals surface area contributed by atoms with Crippen LogP contribution in [0.1, 0.15) is 25.7 Å². The summed E-state index contributed by atoms with van der Waals surface area (Å²) in [6.45, 7) is 0. The molecule has 1 aliphatic rings. The van der Waals surface area contributed by atoms with Crippen molar-refractivity contribution >= 4 is 29.3 Å². The second-order valence-corrected chi connectivity index (χ2v) is 6.08. The first-order valence-corrected chi connectivity index (χ1v) is 7.50. The Kier molecular flexibility index (Phi) is 5.24. The van der Waals surface area contributed by atoms with E-state index in [4.69, 9.17) is 5.11 Å². The zero-order valence-electron chi connectivity index (χ0n) is 11.0. The Morgan fingerprint density at radius 1 is 1.15 bits per heavy atom. The van der Waals surface area contributed by atoms with E-state index >= 15 is 0 Å². The number of hydrogen-bond donors (Lipinski definition) is 2. The predicted octanol–water partition coefficient (Wildman–Crippen LogP) is 3.30. The third kappa shape index (κ3) is 4.74. The number of carboxylic acid groups (broad SMARTS) is 1. The molecule has 1 aliphatic carbocycles. The number of aliphatic carboxylic acids is 1. The average molecular weight is 291 g/mol. The molecule has 0 heterocycles. The number of benzene rings is 1. The highest BCUT2D eigenvalue weighted by Crippen LogP contribution is 2.34. The van der Waals surface area contributed by atoms with E-state index in [2.05, 4.69) is 5.32 Å². The number of amides is 1. The number of rotatable bonds is 5. The number of carboxylic acids is 1. The van der Waals surface area contributed by atoms with Gasteiger partial charge in [-0.1, -0.05) is 12.8 Å². The van der Waals surface area contributed by atoms with E-state index in [9.17, 15) is 9.59 Å². The molecule has 106 valence electrons. The average Bonchev–Trinajstić information content (AvgIpc) is 2.92. The van der Waals surface area contributed by atoms with Gasteiger partial charge in [-0.3, -0.25) is 4.79 Å². The van der Waals surface area contributed by atoms with Gasteiger partial charge in [-0.25, -0.2) is 4.79 Å². The lowest BCUT2D eigenvalue weighted by Gasteiger charge is -2.09. The molecule has 0 saturated heterocycles. The van der Waals surface area contributed by atoms with Gasteiger partial charge in [0, 0.05) is 28.0 Å². The second kappa shape index (κ2) is 7.14. The summed E-state index contributed by atoms with van der Waals surface area (Å²) < 4.78 is 0. The molecule has 1 fully saturated rings. The molecule has 5 heteroatoms. The van der Waals surface area contributed by atoms with Crippen LogP contribution in [0.2, 0.25) is 0 Å². The lowest BCUT2D eigenvalue weighted by Crippen LogP contribution is -2.08. The molecule has 2 N–H and O–H groups in total. The normalized spacial score (nSPS) is 15.6. The Labute approximate surface area is 122 Å². The molecule has 0 aliphatic heterocycles. The molecule has 2 rings (SSSR count). The van der Waals surface area contributed by atoms with Crippen molar-refractivity contribution in [3.05, 3.63) is 36.4 Å². The largest absolute Gasteiger partial charge is 0.478 e. The molecular formula is C15H17NO3S. The number of hydrogen-bond acceptors (Lipinski definition) is 3. The van der Waals surface area contributed by atoms with Crippen LogP contribution in [-0.4, -0.2) is 22.2 Å². The Bertz CT molecular complexity index is 504. The van der Waals surface area contributed by atoms with Crippen molar-refractivity contribution in [2.45, 2.75) is 35.8 Å². The maximum atomic E-state index is 11.4. The number of carbonyl (C=O) groups is 2. The molecule has 0 unspecified atom stereocenters. The van der Waals surface area contributed by atoms with Gasteiger partial charge >= 0.3 is 5.97 Å². The Hall–Kier alpha value is -1.75. The summed E-state index contributed by atoms with van der Waals surface area (Å²) in [4.78, 5) is 22.9. The fourth-order valence-electron chi connectivity index (χ4n) is 2.15. The third-order valence-electron chi connectivity index (χ3n) is 3.10. The highest BCUT2D eigenvalue weighted by molar-refractivity contribution is 8.00. The highest BCUT2D eigenvalue weighted by atomic mass is 32.2. The molecule has 1 amide bonds. The van der Waals surface area contributed by atoms with Gasteiger partial charge in [0.2, 0.25) is 5.91 Å². The minimum Gasteiger partial charge on any atom is -0.478 e. The number of carbonyl (C=O) groups excluding carboxylic acids is 1. The molecule has 0 spiro atoms. The van der Waals surface area contributed by atoms with E-state index in [0.29, 0.717) is 10.9 Å². The standard InChI is InChI=1S/C15H17NO3S/c17-14(9-10-15(18)19)16-11-5-7-13(8-6-11)20-12-3-1-2-4-12/h5-10,12H,1-4H2,(H,16,17)(H,18,19)/b10-9+. The smallest absolute Gasteiger partial charge is 0.328 e. The van der Waals surface area contributed by atoms with Crippen LogP contribution in [0.15, 0.2) is 41.3 Å². The lowest BCUT2D eigenvalue weighted by atomic mass is 10.3. The van der Waals surface area contributed by atoms with Crippen molar-refractivity contribution in [3.8, 4) is 0 Å². The Balaban J connectivity index is 1.87. The van der Waals surface area contributed by atoms with Crippen molar-refractivity contribution in [1.82, 2.24) is 0 Å². The van der Waals surface area contributed by atoms with Gasteiger partial charge in [-0.15, -0.1) is 11.8 Å². The zero-order valence-corrected chi connectivity index (χ0v) is 11.9. The van der Waals surface area contributed by atoms with Gasteiger partial charge < -0.3 is 10.4 Å². The maximum Gasteiger partial charge on any atom is 0.328 e. The summed E-state index contributed by atoms with van der Waals surface area (Å²) in [5, 5.41) is 11.8. The number of anilines is 1. The van der Waals surface area contributed by atoms with Crippen LogP contribution >= 0.6 is 11.8 Å². The van der Waals surface area contributed by atoms with Gasteiger partial charge in [0.05, 0.1) is 0 Å². The second-order valence-electron chi connectivity index (χ2n) is 4.71.